The molecule has 0 radical (unpaired) electrons. The summed E-state index contributed by atoms with van der Waals surface area (Å²) in [6.45, 7) is 5.91. The topological polar surface area (TPSA) is 39.6 Å². The van der Waals surface area contributed by atoms with Gasteiger partial charge in [0.15, 0.2) is 0 Å². The lowest BCUT2D eigenvalue weighted by molar-refractivity contribution is 0.163. The number of anilines is 1. The maximum atomic E-state index is 9.28. The third-order valence-corrected chi connectivity index (χ3v) is 3.62. The van der Waals surface area contributed by atoms with Gasteiger partial charge in [0, 0.05) is 32.4 Å². The third kappa shape index (κ3) is 4.48. The number of hydrogen-bond acceptors (Lipinski definition) is 4. The molecule has 1 unspecified atom stereocenters. The molecule has 1 atom stereocenters. The van der Waals surface area contributed by atoms with Crippen molar-refractivity contribution in [2.45, 2.75) is 38.8 Å². The van der Waals surface area contributed by atoms with Crippen LogP contribution in [0.1, 0.15) is 31.7 Å². The molecule has 0 spiro atoms. The van der Waals surface area contributed by atoms with Crippen LogP contribution in [0, 0.1) is 0 Å². The van der Waals surface area contributed by atoms with Gasteiger partial charge in [0.1, 0.15) is 5.82 Å². The highest BCUT2D eigenvalue weighted by Gasteiger charge is 2.13. The van der Waals surface area contributed by atoms with Crippen LogP contribution >= 0.6 is 0 Å². The zero-order valence-electron chi connectivity index (χ0n) is 12.0. The fraction of sp³-hybridized carbons (Fsp3) is 0.667. The Bertz CT molecular complexity index is 371. The van der Waals surface area contributed by atoms with E-state index in [1.54, 1.807) is 0 Å². The molecule has 1 aromatic rings. The summed E-state index contributed by atoms with van der Waals surface area (Å²) in [5, 5.41) is 9.28. The molecule has 0 aliphatic carbocycles. The van der Waals surface area contributed by atoms with Gasteiger partial charge in [0.25, 0.3) is 0 Å². The van der Waals surface area contributed by atoms with E-state index in [2.05, 4.69) is 34.0 Å². The first-order valence-electron chi connectivity index (χ1n) is 7.21. The zero-order chi connectivity index (χ0) is 13.7. The van der Waals surface area contributed by atoms with Crippen LogP contribution in [0.15, 0.2) is 18.3 Å². The Labute approximate surface area is 116 Å². The van der Waals surface area contributed by atoms with Crippen molar-refractivity contribution in [3.63, 3.8) is 0 Å². The van der Waals surface area contributed by atoms with Crippen molar-refractivity contribution in [2.75, 3.05) is 31.6 Å². The maximum absolute atomic E-state index is 9.28. The van der Waals surface area contributed by atoms with Gasteiger partial charge in [0.05, 0.1) is 6.10 Å². The Balaban J connectivity index is 1.84. The van der Waals surface area contributed by atoms with Crippen LogP contribution in [0.25, 0.3) is 0 Å². The molecular weight excluding hydrogens is 238 g/mol. The molecule has 0 saturated carbocycles. The van der Waals surface area contributed by atoms with E-state index < -0.39 is 0 Å². The molecule has 2 heterocycles. The van der Waals surface area contributed by atoms with Crippen LogP contribution in [0.3, 0.4) is 0 Å². The average molecular weight is 263 g/mol. The van der Waals surface area contributed by atoms with E-state index in [9.17, 15) is 5.11 Å². The quantitative estimate of drug-likeness (QED) is 0.851. The van der Waals surface area contributed by atoms with Gasteiger partial charge in [0.2, 0.25) is 0 Å². The maximum Gasteiger partial charge on any atom is 0.128 e. The van der Waals surface area contributed by atoms with E-state index >= 15 is 0 Å². The van der Waals surface area contributed by atoms with E-state index in [4.69, 9.17) is 0 Å². The summed E-state index contributed by atoms with van der Waals surface area (Å²) in [4.78, 5) is 9.13. The molecule has 1 aliphatic rings. The first-order chi connectivity index (χ1) is 9.15. The van der Waals surface area contributed by atoms with Crippen LogP contribution in [0.2, 0.25) is 0 Å². The minimum atomic E-state index is -0.224. The second-order valence-corrected chi connectivity index (χ2v) is 5.59. The van der Waals surface area contributed by atoms with Gasteiger partial charge >= 0.3 is 0 Å². The van der Waals surface area contributed by atoms with E-state index in [0.29, 0.717) is 0 Å². The summed E-state index contributed by atoms with van der Waals surface area (Å²) in [5.74, 6) is 1.10. The van der Waals surface area contributed by atoms with Gasteiger partial charge in [-0.3, -0.25) is 0 Å². The van der Waals surface area contributed by atoms with Gasteiger partial charge in [-0.15, -0.1) is 0 Å². The summed E-state index contributed by atoms with van der Waals surface area (Å²) in [6.07, 6.45) is 5.14. The molecule has 1 aromatic heterocycles. The third-order valence-electron chi connectivity index (χ3n) is 3.62. The van der Waals surface area contributed by atoms with E-state index in [-0.39, 0.29) is 6.10 Å². The lowest BCUT2D eigenvalue weighted by Crippen LogP contribution is -2.22. The monoisotopic (exact) mass is 263 g/mol. The molecular formula is C15H25N3O. The number of rotatable bonds is 6. The molecule has 1 saturated heterocycles. The molecule has 0 bridgehead atoms. The minimum Gasteiger partial charge on any atom is -0.393 e. The molecule has 1 aliphatic heterocycles. The first kappa shape index (κ1) is 14.3. The fourth-order valence-electron chi connectivity index (χ4n) is 2.44. The van der Waals surface area contributed by atoms with Gasteiger partial charge in [-0.1, -0.05) is 6.07 Å². The highest BCUT2D eigenvalue weighted by Crippen LogP contribution is 2.17. The predicted molar refractivity (Wildman–Crippen MR) is 78.3 cm³/mol. The number of aromatic nitrogens is 1. The number of nitrogens with zero attached hydrogens (tertiary/aromatic N) is 3. The molecule has 2 rings (SSSR count). The van der Waals surface area contributed by atoms with E-state index in [1.165, 1.54) is 18.4 Å². The van der Waals surface area contributed by atoms with Crippen LogP contribution in [-0.2, 0) is 6.54 Å². The van der Waals surface area contributed by atoms with Crippen LogP contribution < -0.4 is 4.90 Å². The van der Waals surface area contributed by atoms with Crippen LogP contribution in [0.4, 0.5) is 5.82 Å². The Hall–Kier alpha value is -1.13. The van der Waals surface area contributed by atoms with Crippen LogP contribution in [-0.4, -0.2) is 47.8 Å². The van der Waals surface area contributed by atoms with Crippen molar-refractivity contribution in [1.29, 1.82) is 0 Å². The van der Waals surface area contributed by atoms with Gasteiger partial charge < -0.3 is 14.9 Å². The van der Waals surface area contributed by atoms with Gasteiger partial charge in [-0.25, -0.2) is 4.98 Å². The van der Waals surface area contributed by atoms with Crippen molar-refractivity contribution in [3.05, 3.63) is 23.9 Å². The number of pyridine rings is 1. The fourth-order valence-corrected chi connectivity index (χ4v) is 2.44. The first-order valence-corrected chi connectivity index (χ1v) is 7.21. The molecule has 0 amide bonds. The summed E-state index contributed by atoms with van der Waals surface area (Å²) >= 11 is 0. The molecule has 4 nitrogen and oxygen atoms in total. The molecule has 4 heteroatoms. The standard InChI is InChI=1S/C15H25N3O/c1-13(19)7-10-17(2)12-14-5-6-15(16-11-14)18-8-3-4-9-18/h5-6,11,13,19H,3-4,7-10,12H2,1-2H3. The second-order valence-electron chi connectivity index (χ2n) is 5.59. The summed E-state index contributed by atoms with van der Waals surface area (Å²) in [6, 6.07) is 4.29. The molecule has 106 valence electrons. The smallest absolute Gasteiger partial charge is 0.128 e. The number of hydrogen-bond donors (Lipinski definition) is 1. The Morgan fingerprint density at radius 2 is 2.11 bits per heavy atom. The molecule has 1 N–H and O–H groups in total. The van der Waals surface area contributed by atoms with Crippen molar-refractivity contribution < 1.29 is 5.11 Å². The average Bonchev–Trinajstić information content (AvgIpc) is 2.91. The highest BCUT2D eigenvalue weighted by molar-refractivity contribution is 5.40. The second kappa shape index (κ2) is 6.87. The van der Waals surface area contributed by atoms with Crippen molar-refractivity contribution in [2.24, 2.45) is 0 Å². The lowest BCUT2D eigenvalue weighted by Gasteiger charge is -2.19. The lowest BCUT2D eigenvalue weighted by atomic mass is 10.2. The Morgan fingerprint density at radius 1 is 1.37 bits per heavy atom. The number of aliphatic hydroxyl groups excluding tert-OH is 1. The largest absolute Gasteiger partial charge is 0.393 e. The SMILES string of the molecule is CC(O)CCN(C)Cc1ccc(N2CCCC2)nc1. The number of aliphatic hydroxyl groups is 1. The van der Waals surface area contributed by atoms with E-state index in [0.717, 1.165) is 38.4 Å². The Kier molecular flexibility index (Phi) is 5.16. The highest BCUT2D eigenvalue weighted by atomic mass is 16.3. The van der Waals surface area contributed by atoms with Crippen molar-refractivity contribution in [1.82, 2.24) is 9.88 Å². The summed E-state index contributed by atoms with van der Waals surface area (Å²) < 4.78 is 0. The molecule has 1 fully saturated rings. The van der Waals surface area contributed by atoms with E-state index in [1.807, 2.05) is 13.1 Å². The summed E-state index contributed by atoms with van der Waals surface area (Å²) in [7, 11) is 2.08. The van der Waals surface area contributed by atoms with Gasteiger partial charge in [-0.2, -0.15) is 0 Å². The molecule has 19 heavy (non-hydrogen) atoms. The normalized spacial score (nSPS) is 17.2. The minimum absolute atomic E-state index is 0.224. The summed E-state index contributed by atoms with van der Waals surface area (Å²) in [5.41, 5.74) is 1.23. The Morgan fingerprint density at radius 3 is 2.68 bits per heavy atom. The zero-order valence-corrected chi connectivity index (χ0v) is 12.0. The van der Waals surface area contributed by atoms with Crippen molar-refractivity contribution in [3.8, 4) is 0 Å². The van der Waals surface area contributed by atoms with Crippen molar-refractivity contribution >= 4 is 5.82 Å². The van der Waals surface area contributed by atoms with Gasteiger partial charge in [-0.05, 0) is 44.9 Å². The predicted octanol–water partition coefficient (Wildman–Crippen LogP) is 1.88. The molecule has 0 aromatic carbocycles. The van der Waals surface area contributed by atoms with Crippen LogP contribution in [0.5, 0.6) is 0 Å².